The predicted octanol–water partition coefficient (Wildman–Crippen LogP) is 4.10. The van der Waals surface area contributed by atoms with Crippen molar-refractivity contribution in [3.8, 4) is 10.4 Å². The molecule has 1 aromatic carbocycles. The summed E-state index contributed by atoms with van der Waals surface area (Å²) in [6, 6.07) is 12.5. The van der Waals surface area contributed by atoms with E-state index in [4.69, 9.17) is 4.74 Å². The van der Waals surface area contributed by atoms with E-state index in [1.54, 1.807) is 22.7 Å². The number of carbonyl (C=O) groups excluding carboxylic acids is 1. The fraction of sp³-hybridized carbons (Fsp3) is 0.235. The van der Waals surface area contributed by atoms with Crippen LogP contribution in [0.5, 0.6) is 0 Å². The van der Waals surface area contributed by atoms with Gasteiger partial charge in [0.1, 0.15) is 0 Å². The molecule has 0 bridgehead atoms. The highest BCUT2D eigenvalue weighted by Crippen LogP contribution is 2.36. The van der Waals surface area contributed by atoms with E-state index in [0.717, 1.165) is 4.88 Å². The second kappa shape index (κ2) is 5.83. The molecule has 22 heavy (non-hydrogen) atoms. The Labute approximate surface area is 136 Å². The highest BCUT2D eigenvalue weighted by atomic mass is 32.1. The van der Waals surface area contributed by atoms with Crippen LogP contribution in [-0.4, -0.2) is 37.1 Å². The second-order valence-corrected chi connectivity index (χ2v) is 7.24. The van der Waals surface area contributed by atoms with Crippen LogP contribution in [-0.2, 0) is 4.74 Å². The molecule has 5 heteroatoms. The van der Waals surface area contributed by atoms with Gasteiger partial charge in [-0.25, -0.2) is 0 Å². The highest BCUT2D eigenvalue weighted by Gasteiger charge is 2.21. The van der Waals surface area contributed by atoms with Crippen LogP contribution in [0, 0.1) is 0 Å². The number of benzene rings is 1. The fourth-order valence-electron chi connectivity index (χ4n) is 2.74. The molecule has 0 spiro atoms. The van der Waals surface area contributed by atoms with Crippen molar-refractivity contribution in [2.24, 2.45) is 0 Å². The van der Waals surface area contributed by atoms with E-state index in [1.165, 1.54) is 20.5 Å². The first kappa shape index (κ1) is 13.9. The normalized spacial score (nSPS) is 15.4. The molecule has 1 saturated heterocycles. The summed E-state index contributed by atoms with van der Waals surface area (Å²) in [6.45, 7) is 2.64. The number of hydrogen-bond donors (Lipinski definition) is 0. The number of nitrogens with zero attached hydrogens (tertiary/aromatic N) is 1. The Kier molecular flexibility index (Phi) is 3.70. The van der Waals surface area contributed by atoms with E-state index in [9.17, 15) is 4.79 Å². The number of fused-ring (bicyclic) bond motifs is 1. The minimum atomic E-state index is 0.127. The van der Waals surface area contributed by atoms with E-state index < -0.39 is 0 Å². The Morgan fingerprint density at radius 1 is 1.14 bits per heavy atom. The summed E-state index contributed by atoms with van der Waals surface area (Å²) in [6.07, 6.45) is 0. The summed E-state index contributed by atoms with van der Waals surface area (Å²) in [5, 5.41) is 3.26. The first-order chi connectivity index (χ1) is 10.8. The molecule has 4 rings (SSSR count). The van der Waals surface area contributed by atoms with Crippen LogP contribution < -0.4 is 0 Å². The minimum absolute atomic E-state index is 0.127. The number of thiophene rings is 2. The lowest BCUT2D eigenvalue weighted by atomic mass is 10.1. The van der Waals surface area contributed by atoms with Gasteiger partial charge in [0.2, 0.25) is 0 Å². The van der Waals surface area contributed by atoms with Gasteiger partial charge in [0, 0.05) is 33.6 Å². The molecular weight excluding hydrogens is 314 g/mol. The molecule has 2 aromatic heterocycles. The second-order valence-electron chi connectivity index (χ2n) is 5.21. The zero-order chi connectivity index (χ0) is 14.9. The third-order valence-corrected chi connectivity index (χ3v) is 5.85. The molecule has 0 aliphatic carbocycles. The summed E-state index contributed by atoms with van der Waals surface area (Å²) in [4.78, 5) is 16.6. The van der Waals surface area contributed by atoms with Gasteiger partial charge < -0.3 is 9.64 Å². The fourth-order valence-corrected chi connectivity index (χ4v) is 4.56. The third kappa shape index (κ3) is 2.45. The first-order valence-corrected chi connectivity index (χ1v) is 8.96. The Morgan fingerprint density at radius 2 is 2.00 bits per heavy atom. The van der Waals surface area contributed by atoms with E-state index in [2.05, 4.69) is 35.7 Å². The predicted molar refractivity (Wildman–Crippen MR) is 91.9 cm³/mol. The Balaban J connectivity index is 1.74. The van der Waals surface area contributed by atoms with Crippen molar-refractivity contribution < 1.29 is 9.53 Å². The van der Waals surface area contributed by atoms with Crippen molar-refractivity contribution in [3.05, 3.63) is 46.7 Å². The number of ether oxygens (including phenoxy) is 1. The van der Waals surface area contributed by atoms with Crippen molar-refractivity contribution in [2.45, 2.75) is 0 Å². The SMILES string of the molecule is O=C(c1cc2c(-c3cccs3)cccc2s1)N1CCOCC1. The van der Waals surface area contributed by atoms with E-state index in [1.807, 2.05) is 11.0 Å². The van der Waals surface area contributed by atoms with Crippen LogP contribution in [0.15, 0.2) is 41.8 Å². The molecule has 3 heterocycles. The van der Waals surface area contributed by atoms with Crippen LogP contribution in [0.4, 0.5) is 0 Å². The molecule has 3 nitrogen and oxygen atoms in total. The lowest BCUT2D eigenvalue weighted by Gasteiger charge is -2.26. The summed E-state index contributed by atoms with van der Waals surface area (Å²) >= 11 is 3.31. The van der Waals surface area contributed by atoms with Gasteiger partial charge in [-0.1, -0.05) is 18.2 Å². The maximum Gasteiger partial charge on any atom is 0.264 e. The maximum absolute atomic E-state index is 12.7. The monoisotopic (exact) mass is 329 g/mol. The van der Waals surface area contributed by atoms with Gasteiger partial charge in [-0.2, -0.15) is 0 Å². The Hall–Kier alpha value is -1.69. The van der Waals surface area contributed by atoms with Crippen molar-refractivity contribution in [1.82, 2.24) is 4.90 Å². The zero-order valence-corrected chi connectivity index (χ0v) is 13.6. The molecule has 1 fully saturated rings. The van der Waals surface area contributed by atoms with Crippen LogP contribution in [0.3, 0.4) is 0 Å². The van der Waals surface area contributed by atoms with E-state index in [0.29, 0.717) is 26.3 Å². The molecule has 1 aliphatic heterocycles. The molecule has 0 saturated carbocycles. The lowest BCUT2D eigenvalue weighted by Crippen LogP contribution is -2.40. The molecule has 0 unspecified atom stereocenters. The molecule has 112 valence electrons. The van der Waals surface area contributed by atoms with Gasteiger partial charge in [-0.15, -0.1) is 22.7 Å². The highest BCUT2D eigenvalue weighted by molar-refractivity contribution is 7.21. The average molecular weight is 329 g/mol. The summed E-state index contributed by atoms with van der Waals surface area (Å²) in [5.41, 5.74) is 1.21. The smallest absolute Gasteiger partial charge is 0.264 e. The lowest BCUT2D eigenvalue weighted by molar-refractivity contribution is 0.0306. The summed E-state index contributed by atoms with van der Waals surface area (Å²) in [5.74, 6) is 0.127. The average Bonchev–Trinajstić information content (AvgIpc) is 3.24. The quantitative estimate of drug-likeness (QED) is 0.708. The topological polar surface area (TPSA) is 29.5 Å². The van der Waals surface area contributed by atoms with Crippen LogP contribution in [0.2, 0.25) is 0 Å². The molecule has 0 N–H and O–H groups in total. The molecule has 3 aromatic rings. The van der Waals surface area contributed by atoms with E-state index >= 15 is 0 Å². The molecule has 1 aliphatic rings. The molecular formula is C17H15NO2S2. The maximum atomic E-state index is 12.7. The van der Waals surface area contributed by atoms with Crippen LogP contribution in [0.1, 0.15) is 9.67 Å². The Bertz CT molecular complexity index is 801. The molecule has 0 atom stereocenters. The zero-order valence-electron chi connectivity index (χ0n) is 12.0. The number of morpholine rings is 1. The van der Waals surface area contributed by atoms with Gasteiger partial charge in [-0.3, -0.25) is 4.79 Å². The third-order valence-electron chi connectivity index (χ3n) is 3.86. The number of rotatable bonds is 2. The van der Waals surface area contributed by atoms with Gasteiger partial charge in [-0.05, 0) is 23.6 Å². The van der Waals surface area contributed by atoms with Gasteiger partial charge in [0.05, 0.1) is 18.1 Å². The van der Waals surface area contributed by atoms with Gasteiger partial charge >= 0.3 is 0 Å². The van der Waals surface area contributed by atoms with Crippen molar-refractivity contribution in [1.29, 1.82) is 0 Å². The molecule has 1 amide bonds. The van der Waals surface area contributed by atoms with Crippen molar-refractivity contribution in [3.63, 3.8) is 0 Å². The minimum Gasteiger partial charge on any atom is -0.378 e. The van der Waals surface area contributed by atoms with Gasteiger partial charge in [0.15, 0.2) is 0 Å². The number of amides is 1. The standard InChI is InChI=1S/C17H15NO2S2/c19-17(18-6-8-20-9-7-18)16-11-13-12(14-5-2-10-21-14)3-1-4-15(13)22-16/h1-5,10-11H,6-9H2. The van der Waals surface area contributed by atoms with Crippen molar-refractivity contribution >= 4 is 38.7 Å². The van der Waals surface area contributed by atoms with Crippen LogP contribution in [0.25, 0.3) is 20.5 Å². The van der Waals surface area contributed by atoms with Crippen molar-refractivity contribution in [2.75, 3.05) is 26.3 Å². The van der Waals surface area contributed by atoms with E-state index in [-0.39, 0.29) is 5.91 Å². The number of carbonyl (C=O) groups is 1. The largest absolute Gasteiger partial charge is 0.378 e. The summed E-state index contributed by atoms with van der Waals surface area (Å²) < 4.78 is 6.49. The van der Waals surface area contributed by atoms with Gasteiger partial charge in [0.25, 0.3) is 5.91 Å². The Morgan fingerprint density at radius 3 is 2.77 bits per heavy atom. The van der Waals surface area contributed by atoms with Crippen LogP contribution >= 0.6 is 22.7 Å². The molecule has 0 radical (unpaired) electrons. The summed E-state index contributed by atoms with van der Waals surface area (Å²) in [7, 11) is 0. The first-order valence-electron chi connectivity index (χ1n) is 7.26. The number of hydrogen-bond acceptors (Lipinski definition) is 4.